The van der Waals surface area contributed by atoms with Gasteiger partial charge in [-0.05, 0) is 28.1 Å². The number of hydrogen-bond donors (Lipinski definition) is 1. The molecular weight excluding hydrogens is 240 g/mol. The Morgan fingerprint density at radius 3 is 2.69 bits per heavy atom. The van der Waals surface area contributed by atoms with Crippen molar-refractivity contribution in [3.63, 3.8) is 0 Å². The number of benzene rings is 1. The van der Waals surface area contributed by atoms with Crippen LogP contribution in [0.5, 0.6) is 5.75 Å². The Morgan fingerprint density at radius 2 is 2.23 bits per heavy atom. The van der Waals surface area contributed by atoms with E-state index in [0.29, 0.717) is 0 Å². The van der Waals surface area contributed by atoms with Gasteiger partial charge in [0.1, 0.15) is 11.6 Å². The summed E-state index contributed by atoms with van der Waals surface area (Å²) in [4.78, 5) is 9.67. The highest BCUT2D eigenvalue weighted by molar-refractivity contribution is 9.10. The smallest absolute Gasteiger partial charge is 0.326 e. The van der Waals surface area contributed by atoms with E-state index in [1.807, 2.05) is 0 Å². The first-order valence-electron chi connectivity index (χ1n) is 3.14. The number of halogens is 1. The fourth-order valence-corrected chi connectivity index (χ4v) is 1.28. The zero-order valence-electron chi connectivity index (χ0n) is 6.19. The first-order chi connectivity index (χ1) is 6.07. The fraction of sp³-hybridized carbons (Fsp3) is 0. The van der Waals surface area contributed by atoms with Crippen LogP contribution in [0.4, 0.5) is 5.69 Å². The van der Waals surface area contributed by atoms with E-state index < -0.39 is 16.4 Å². The van der Waals surface area contributed by atoms with Crippen molar-refractivity contribution in [1.82, 2.24) is 0 Å². The van der Waals surface area contributed by atoms with E-state index in [2.05, 4.69) is 15.9 Å². The summed E-state index contributed by atoms with van der Waals surface area (Å²) in [5.41, 5.74) is -0.603. The van der Waals surface area contributed by atoms with Gasteiger partial charge in [0.25, 0.3) is 0 Å². The molecular formula is C7H3BrN2O3. The molecule has 0 unspecified atom stereocenters. The van der Waals surface area contributed by atoms with Crippen molar-refractivity contribution in [3.8, 4) is 11.8 Å². The summed E-state index contributed by atoms with van der Waals surface area (Å²) in [6.07, 6.45) is 0. The van der Waals surface area contributed by atoms with Crippen molar-refractivity contribution in [2.45, 2.75) is 0 Å². The molecule has 6 heteroatoms. The maximum atomic E-state index is 10.4. The Balaban J connectivity index is 3.50. The van der Waals surface area contributed by atoms with Gasteiger partial charge >= 0.3 is 5.69 Å². The topological polar surface area (TPSA) is 87.2 Å². The molecule has 0 aromatic heterocycles. The predicted octanol–water partition coefficient (Wildman–Crippen LogP) is 1.93. The second-order valence-corrected chi connectivity index (χ2v) is 3.02. The maximum absolute atomic E-state index is 10.4. The van der Waals surface area contributed by atoms with Gasteiger partial charge in [0.05, 0.1) is 9.40 Å². The zero-order chi connectivity index (χ0) is 10.0. The van der Waals surface area contributed by atoms with Gasteiger partial charge in [0.15, 0.2) is 0 Å². The van der Waals surface area contributed by atoms with Crippen LogP contribution in [0.1, 0.15) is 5.56 Å². The lowest BCUT2D eigenvalue weighted by Gasteiger charge is -1.99. The highest BCUT2D eigenvalue weighted by Gasteiger charge is 2.21. The number of nitro benzene ring substituents is 1. The monoisotopic (exact) mass is 242 g/mol. The van der Waals surface area contributed by atoms with Crippen LogP contribution in [-0.2, 0) is 0 Å². The van der Waals surface area contributed by atoms with Crippen LogP contribution in [0.3, 0.4) is 0 Å². The number of nitro groups is 1. The van der Waals surface area contributed by atoms with Crippen LogP contribution in [0, 0.1) is 21.4 Å². The van der Waals surface area contributed by atoms with Crippen molar-refractivity contribution in [3.05, 3.63) is 32.3 Å². The van der Waals surface area contributed by atoms with Gasteiger partial charge in [-0.1, -0.05) is 0 Å². The second kappa shape index (κ2) is 3.41. The molecule has 0 aliphatic rings. The first-order valence-corrected chi connectivity index (χ1v) is 3.93. The molecule has 0 aliphatic heterocycles. The van der Waals surface area contributed by atoms with Crippen molar-refractivity contribution in [2.75, 3.05) is 0 Å². The normalized spacial score (nSPS) is 9.23. The van der Waals surface area contributed by atoms with Crippen molar-refractivity contribution < 1.29 is 10.0 Å². The molecule has 1 aromatic carbocycles. The lowest BCUT2D eigenvalue weighted by molar-refractivity contribution is -0.386. The summed E-state index contributed by atoms with van der Waals surface area (Å²) in [5, 5.41) is 28.1. The van der Waals surface area contributed by atoms with E-state index in [0.717, 1.165) is 0 Å². The van der Waals surface area contributed by atoms with Gasteiger partial charge < -0.3 is 5.11 Å². The van der Waals surface area contributed by atoms with Crippen LogP contribution in [0.15, 0.2) is 16.6 Å². The van der Waals surface area contributed by atoms with Gasteiger partial charge in [-0.15, -0.1) is 0 Å². The summed E-state index contributed by atoms with van der Waals surface area (Å²) < 4.78 is 0.147. The molecule has 0 heterocycles. The molecule has 0 aliphatic carbocycles. The number of aromatic hydroxyl groups is 1. The van der Waals surface area contributed by atoms with Gasteiger partial charge in [0, 0.05) is 0 Å². The number of nitrogens with zero attached hydrogens (tertiary/aromatic N) is 2. The number of nitriles is 1. The Bertz CT molecular complexity index is 411. The van der Waals surface area contributed by atoms with Crippen LogP contribution in [0.25, 0.3) is 0 Å². The molecule has 66 valence electrons. The van der Waals surface area contributed by atoms with Crippen molar-refractivity contribution in [2.24, 2.45) is 0 Å². The van der Waals surface area contributed by atoms with E-state index in [1.165, 1.54) is 12.1 Å². The van der Waals surface area contributed by atoms with Crippen LogP contribution in [-0.4, -0.2) is 10.0 Å². The summed E-state index contributed by atoms with van der Waals surface area (Å²) in [7, 11) is 0. The van der Waals surface area contributed by atoms with E-state index >= 15 is 0 Å². The summed E-state index contributed by atoms with van der Waals surface area (Å²) in [6.45, 7) is 0. The summed E-state index contributed by atoms with van der Waals surface area (Å²) in [6, 6.07) is 4.28. The van der Waals surface area contributed by atoms with Crippen LogP contribution >= 0.6 is 15.9 Å². The minimum Gasteiger partial charge on any atom is -0.501 e. The van der Waals surface area contributed by atoms with E-state index in [9.17, 15) is 15.2 Å². The standard InChI is InChI=1S/C7H3BrN2O3/c8-5-2-1-4(3-9)7(11)6(5)10(12)13/h1-2,11H. The van der Waals surface area contributed by atoms with Gasteiger partial charge in [-0.3, -0.25) is 10.1 Å². The highest BCUT2D eigenvalue weighted by Crippen LogP contribution is 2.36. The Hall–Kier alpha value is -1.61. The third kappa shape index (κ3) is 1.60. The Kier molecular flexibility index (Phi) is 2.49. The second-order valence-electron chi connectivity index (χ2n) is 2.16. The fourth-order valence-electron chi connectivity index (χ4n) is 0.819. The average Bonchev–Trinajstić information content (AvgIpc) is 2.04. The molecule has 0 saturated carbocycles. The van der Waals surface area contributed by atoms with Crippen LogP contribution < -0.4 is 0 Å². The molecule has 0 amide bonds. The molecule has 0 atom stereocenters. The number of rotatable bonds is 1. The molecule has 13 heavy (non-hydrogen) atoms. The molecule has 0 spiro atoms. The predicted molar refractivity (Wildman–Crippen MR) is 47.2 cm³/mol. The molecule has 1 rings (SSSR count). The Morgan fingerprint density at radius 1 is 1.62 bits per heavy atom. The highest BCUT2D eigenvalue weighted by atomic mass is 79.9. The minimum atomic E-state index is -0.750. The lowest BCUT2D eigenvalue weighted by atomic mass is 10.2. The minimum absolute atomic E-state index is 0.116. The van der Waals surface area contributed by atoms with Crippen molar-refractivity contribution in [1.29, 1.82) is 5.26 Å². The largest absolute Gasteiger partial charge is 0.501 e. The van der Waals surface area contributed by atoms with Gasteiger partial charge in [0.2, 0.25) is 5.75 Å². The third-order valence-electron chi connectivity index (χ3n) is 1.40. The number of hydrogen-bond acceptors (Lipinski definition) is 4. The van der Waals surface area contributed by atoms with E-state index in [4.69, 9.17) is 5.26 Å². The van der Waals surface area contributed by atoms with Crippen molar-refractivity contribution >= 4 is 21.6 Å². The molecule has 0 bridgehead atoms. The molecule has 0 radical (unpaired) electrons. The van der Waals surface area contributed by atoms with Gasteiger partial charge in [-0.25, -0.2) is 0 Å². The van der Waals surface area contributed by atoms with E-state index in [-0.39, 0.29) is 10.0 Å². The quantitative estimate of drug-likeness (QED) is 0.602. The SMILES string of the molecule is N#Cc1ccc(Br)c([N+](=O)[O-])c1O. The zero-order valence-corrected chi connectivity index (χ0v) is 7.78. The molecule has 5 nitrogen and oxygen atoms in total. The average molecular weight is 243 g/mol. The number of phenolic OH excluding ortho intramolecular Hbond substituents is 1. The Labute approximate surface area is 81.5 Å². The first kappa shape index (κ1) is 9.48. The number of phenols is 1. The van der Waals surface area contributed by atoms with Gasteiger partial charge in [-0.2, -0.15) is 5.26 Å². The molecule has 1 aromatic rings. The molecule has 0 fully saturated rings. The molecule has 1 N–H and O–H groups in total. The maximum Gasteiger partial charge on any atom is 0.326 e. The third-order valence-corrected chi connectivity index (χ3v) is 2.04. The summed E-state index contributed by atoms with van der Waals surface area (Å²) in [5.74, 6) is -0.609. The lowest BCUT2D eigenvalue weighted by Crippen LogP contribution is -1.91. The van der Waals surface area contributed by atoms with E-state index in [1.54, 1.807) is 6.07 Å². The molecule has 0 saturated heterocycles. The summed E-state index contributed by atoms with van der Waals surface area (Å²) >= 11 is 2.90. The van der Waals surface area contributed by atoms with Crippen LogP contribution in [0.2, 0.25) is 0 Å².